The first-order valence-electron chi connectivity index (χ1n) is 19.5. The molecule has 0 fully saturated rings. The molecule has 58 heavy (non-hydrogen) atoms. The van der Waals surface area contributed by atoms with E-state index in [9.17, 15) is 0 Å². The molecule has 4 nitrogen and oxygen atoms in total. The minimum atomic E-state index is 0.681. The van der Waals surface area contributed by atoms with Gasteiger partial charge in [0.25, 0.3) is 0 Å². The van der Waals surface area contributed by atoms with Gasteiger partial charge < -0.3 is 4.57 Å². The highest BCUT2D eigenvalue weighted by molar-refractivity contribution is 7.26. The highest BCUT2D eigenvalue weighted by Gasteiger charge is 2.17. The lowest BCUT2D eigenvalue weighted by Gasteiger charge is -2.12. The van der Waals surface area contributed by atoms with Crippen LogP contribution >= 0.6 is 11.3 Å². The van der Waals surface area contributed by atoms with Crippen molar-refractivity contribution in [2.24, 2.45) is 0 Å². The van der Waals surface area contributed by atoms with E-state index in [2.05, 4.69) is 199 Å². The third-order valence-electron chi connectivity index (χ3n) is 11.4. The first kappa shape index (κ1) is 32.7. The zero-order valence-electron chi connectivity index (χ0n) is 31.2. The lowest BCUT2D eigenvalue weighted by Crippen LogP contribution is -1.97. The van der Waals surface area contributed by atoms with Crippen molar-refractivity contribution in [3.05, 3.63) is 194 Å². The molecule has 5 heteroatoms. The summed E-state index contributed by atoms with van der Waals surface area (Å²) in [6.45, 7) is 0. The predicted molar refractivity (Wildman–Crippen MR) is 244 cm³/mol. The van der Waals surface area contributed by atoms with Gasteiger partial charge in [-0.15, -0.1) is 11.3 Å². The van der Waals surface area contributed by atoms with Gasteiger partial charge in [-0.2, -0.15) is 0 Å². The molecule has 0 spiro atoms. The number of thiophene rings is 1. The smallest absolute Gasteiger partial charge is 0.160 e. The first-order chi connectivity index (χ1) is 28.7. The molecule has 12 aromatic rings. The standard InChI is InChI=1S/C53H32N4S/c1-2-12-37-31-38(26-21-33(37)11-1)46-32-45(54-53(55-46)36-27-29-39(30-28-36)57-47-18-8-5-13-40(47)41-14-6-9-19-48(41)57)34-22-24-35(25-23-34)50-42-15-3-4-16-43(42)52-51(56-50)44-17-7-10-20-49(44)58-52/h1-32H. The Morgan fingerprint density at radius 3 is 1.67 bits per heavy atom. The third-order valence-corrected chi connectivity index (χ3v) is 12.6. The maximum Gasteiger partial charge on any atom is 0.160 e. The lowest BCUT2D eigenvalue weighted by molar-refractivity contribution is 1.16. The van der Waals surface area contributed by atoms with Gasteiger partial charge in [-0.3, -0.25) is 0 Å². The molecular formula is C53H32N4S. The van der Waals surface area contributed by atoms with E-state index in [-0.39, 0.29) is 0 Å². The fourth-order valence-corrected chi connectivity index (χ4v) is 9.77. The molecule has 0 aliphatic heterocycles. The molecule has 4 aromatic heterocycles. The molecule has 0 atom stereocenters. The normalized spacial score (nSPS) is 11.8. The molecule has 0 amide bonds. The molecule has 0 aliphatic rings. The number of fused-ring (bicyclic) bond motifs is 9. The van der Waals surface area contributed by atoms with E-state index < -0.39 is 0 Å². The molecule has 0 N–H and O–H groups in total. The summed E-state index contributed by atoms with van der Waals surface area (Å²) in [5.41, 5.74) is 11.3. The van der Waals surface area contributed by atoms with E-state index in [0.29, 0.717) is 5.82 Å². The molecule has 270 valence electrons. The minimum Gasteiger partial charge on any atom is -0.309 e. The number of nitrogens with zero attached hydrogens (tertiary/aromatic N) is 4. The fourth-order valence-electron chi connectivity index (χ4n) is 8.59. The molecule has 4 heterocycles. The largest absolute Gasteiger partial charge is 0.309 e. The van der Waals surface area contributed by atoms with Gasteiger partial charge >= 0.3 is 0 Å². The van der Waals surface area contributed by atoms with Crippen LogP contribution in [-0.2, 0) is 0 Å². The van der Waals surface area contributed by atoms with E-state index in [1.165, 1.54) is 52.8 Å². The van der Waals surface area contributed by atoms with Gasteiger partial charge in [0, 0.05) is 59.6 Å². The van der Waals surface area contributed by atoms with Gasteiger partial charge in [0.1, 0.15) is 0 Å². The Bertz CT molecular complexity index is 3510. The van der Waals surface area contributed by atoms with Gasteiger partial charge in [0.15, 0.2) is 5.82 Å². The monoisotopic (exact) mass is 756 g/mol. The number of aromatic nitrogens is 4. The quantitative estimate of drug-likeness (QED) is 0.176. The van der Waals surface area contributed by atoms with Gasteiger partial charge in [0.05, 0.1) is 38.3 Å². The van der Waals surface area contributed by atoms with Crippen LogP contribution in [0.15, 0.2) is 194 Å². The number of hydrogen-bond donors (Lipinski definition) is 0. The number of benzene rings is 8. The predicted octanol–water partition coefficient (Wildman–Crippen LogP) is 14.3. The number of pyridine rings is 1. The van der Waals surface area contributed by atoms with Gasteiger partial charge in [-0.05, 0) is 65.4 Å². The summed E-state index contributed by atoms with van der Waals surface area (Å²) < 4.78 is 4.82. The summed E-state index contributed by atoms with van der Waals surface area (Å²) >= 11 is 1.82. The highest BCUT2D eigenvalue weighted by atomic mass is 32.1. The van der Waals surface area contributed by atoms with Crippen LogP contribution in [0, 0.1) is 0 Å². The Labute approximate surface area is 338 Å². The van der Waals surface area contributed by atoms with E-state index >= 15 is 0 Å². The van der Waals surface area contributed by atoms with Crippen molar-refractivity contribution >= 4 is 75.0 Å². The topological polar surface area (TPSA) is 43.6 Å². The second-order valence-electron chi connectivity index (χ2n) is 14.8. The van der Waals surface area contributed by atoms with Crippen molar-refractivity contribution in [2.75, 3.05) is 0 Å². The van der Waals surface area contributed by atoms with Crippen molar-refractivity contribution in [2.45, 2.75) is 0 Å². The first-order valence-corrected chi connectivity index (χ1v) is 20.3. The maximum absolute atomic E-state index is 5.34. The van der Waals surface area contributed by atoms with Crippen LogP contribution in [-0.4, -0.2) is 19.5 Å². The van der Waals surface area contributed by atoms with Crippen LogP contribution in [0.25, 0.3) is 115 Å². The Morgan fingerprint density at radius 1 is 0.379 bits per heavy atom. The Balaban J connectivity index is 0.983. The van der Waals surface area contributed by atoms with Crippen molar-refractivity contribution in [1.29, 1.82) is 0 Å². The number of hydrogen-bond acceptors (Lipinski definition) is 4. The highest BCUT2D eigenvalue weighted by Crippen LogP contribution is 2.41. The summed E-state index contributed by atoms with van der Waals surface area (Å²) in [7, 11) is 0. The Morgan fingerprint density at radius 2 is 0.931 bits per heavy atom. The maximum atomic E-state index is 5.34. The second kappa shape index (κ2) is 13.1. The van der Waals surface area contributed by atoms with Crippen LogP contribution in [0.3, 0.4) is 0 Å². The molecule has 0 saturated carbocycles. The van der Waals surface area contributed by atoms with E-state index in [1.807, 2.05) is 11.3 Å². The molecule has 8 aromatic carbocycles. The zero-order valence-corrected chi connectivity index (χ0v) is 32.0. The van der Waals surface area contributed by atoms with Crippen LogP contribution in [0.4, 0.5) is 0 Å². The molecule has 0 bridgehead atoms. The van der Waals surface area contributed by atoms with Crippen molar-refractivity contribution in [3.63, 3.8) is 0 Å². The van der Waals surface area contributed by atoms with Crippen molar-refractivity contribution < 1.29 is 0 Å². The molecule has 12 rings (SSSR count). The minimum absolute atomic E-state index is 0.681. The van der Waals surface area contributed by atoms with Crippen LogP contribution in [0.1, 0.15) is 0 Å². The van der Waals surface area contributed by atoms with Crippen LogP contribution < -0.4 is 0 Å². The molecule has 0 radical (unpaired) electrons. The molecule has 0 aliphatic carbocycles. The van der Waals surface area contributed by atoms with Gasteiger partial charge in [-0.25, -0.2) is 15.0 Å². The average molecular weight is 757 g/mol. The van der Waals surface area contributed by atoms with E-state index in [0.717, 1.165) is 55.9 Å². The summed E-state index contributed by atoms with van der Waals surface area (Å²) in [4.78, 5) is 15.8. The summed E-state index contributed by atoms with van der Waals surface area (Å²) in [5.74, 6) is 0.681. The molecule has 0 unspecified atom stereocenters. The van der Waals surface area contributed by atoms with E-state index in [1.54, 1.807) is 0 Å². The summed E-state index contributed by atoms with van der Waals surface area (Å²) in [5, 5.41) is 8.45. The number of rotatable bonds is 5. The third kappa shape index (κ3) is 5.25. The number of para-hydroxylation sites is 2. The Kier molecular flexibility index (Phi) is 7.37. The van der Waals surface area contributed by atoms with Gasteiger partial charge in [-0.1, -0.05) is 140 Å². The fraction of sp³-hybridized carbons (Fsp3) is 0. The summed E-state index contributed by atoms with van der Waals surface area (Å²) in [6, 6.07) is 68.9. The lowest BCUT2D eigenvalue weighted by atomic mass is 10.00. The van der Waals surface area contributed by atoms with Gasteiger partial charge in [0.2, 0.25) is 0 Å². The second-order valence-corrected chi connectivity index (χ2v) is 15.9. The van der Waals surface area contributed by atoms with Crippen molar-refractivity contribution in [1.82, 2.24) is 19.5 Å². The summed E-state index contributed by atoms with van der Waals surface area (Å²) in [6.07, 6.45) is 0. The average Bonchev–Trinajstić information content (AvgIpc) is 3.85. The SMILES string of the molecule is c1ccc2cc(-c3cc(-c4ccc(-c5nc6c7ccccc7sc6c6ccccc56)cc4)nc(-c4ccc(-n5c6ccccc6c6ccccc65)cc4)n3)ccc2c1. The molecule has 0 saturated heterocycles. The zero-order chi connectivity index (χ0) is 38.2. The Hall–Kier alpha value is -7.47. The van der Waals surface area contributed by atoms with Crippen LogP contribution in [0.2, 0.25) is 0 Å². The van der Waals surface area contributed by atoms with Crippen molar-refractivity contribution in [3.8, 4) is 50.8 Å². The van der Waals surface area contributed by atoms with Crippen LogP contribution in [0.5, 0.6) is 0 Å². The van der Waals surface area contributed by atoms with E-state index in [4.69, 9.17) is 15.0 Å². The molecular weight excluding hydrogens is 725 g/mol.